The van der Waals surface area contributed by atoms with Crippen molar-refractivity contribution in [2.24, 2.45) is 5.73 Å². The summed E-state index contributed by atoms with van der Waals surface area (Å²) in [4.78, 5) is 0.425. The monoisotopic (exact) mass is 266 g/mol. The minimum absolute atomic E-state index is 0.286. The third-order valence-corrected chi connectivity index (χ3v) is 3.11. The summed E-state index contributed by atoms with van der Waals surface area (Å²) >= 11 is 5.10. The molecule has 0 radical (unpaired) electrons. The Balaban J connectivity index is 2.96. The van der Waals surface area contributed by atoms with E-state index >= 15 is 0 Å². The Bertz CT molecular complexity index is 401. The molecule has 1 unspecified atom stereocenters. The number of benzene rings is 1. The number of ether oxygens (including phenoxy) is 1. The first-order chi connectivity index (χ1) is 8.60. The standard InChI is InChI=1S/C14H22N2OS/c1-4-6-11(9-17-3)16-13-10(2)7-5-8-12(13)14(15)18/h5,7-8,11,16H,4,6,9H2,1-3H3,(H2,15,18). The molecule has 3 nitrogen and oxygen atoms in total. The van der Waals surface area contributed by atoms with Gasteiger partial charge in [-0.15, -0.1) is 0 Å². The van der Waals surface area contributed by atoms with Crippen LogP contribution in [0.25, 0.3) is 0 Å². The zero-order valence-corrected chi connectivity index (χ0v) is 12.1. The number of aryl methyl sites for hydroxylation is 1. The van der Waals surface area contributed by atoms with Crippen molar-refractivity contribution in [3.05, 3.63) is 29.3 Å². The Labute approximate surface area is 115 Å². The predicted octanol–water partition coefficient (Wildman–Crippen LogP) is 2.86. The molecule has 3 N–H and O–H groups in total. The summed E-state index contributed by atoms with van der Waals surface area (Å²) in [5.74, 6) is 0. The molecule has 4 heteroatoms. The van der Waals surface area contributed by atoms with Crippen LogP contribution in [0.2, 0.25) is 0 Å². The summed E-state index contributed by atoms with van der Waals surface area (Å²) in [7, 11) is 1.72. The van der Waals surface area contributed by atoms with Gasteiger partial charge in [-0.3, -0.25) is 0 Å². The van der Waals surface area contributed by atoms with E-state index in [9.17, 15) is 0 Å². The summed E-state index contributed by atoms with van der Waals surface area (Å²) in [5.41, 5.74) is 8.85. The van der Waals surface area contributed by atoms with Crippen LogP contribution in [0.5, 0.6) is 0 Å². The molecule has 18 heavy (non-hydrogen) atoms. The number of hydrogen-bond donors (Lipinski definition) is 2. The average molecular weight is 266 g/mol. The minimum atomic E-state index is 0.286. The van der Waals surface area contributed by atoms with Crippen LogP contribution in [0.15, 0.2) is 18.2 Å². The van der Waals surface area contributed by atoms with Gasteiger partial charge in [0.05, 0.1) is 6.61 Å². The molecule has 0 saturated heterocycles. The van der Waals surface area contributed by atoms with Gasteiger partial charge in [0.15, 0.2) is 0 Å². The molecule has 0 heterocycles. The third kappa shape index (κ3) is 3.96. The van der Waals surface area contributed by atoms with Crippen molar-refractivity contribution in [3.63, 3.8) is 0 Å². The van der Waals surface area contributed by atoms with Gasteiger partial charge in [-0.1, -0.05) is 37.7 Å². The van der Waals surface area contributed by atoms with Crippen molar-refractivity contribution < 1.29 is 4.74 Å². The van der Waals surface area contributed by atoms with Crippen molar-refractivity contribution in [2.75, 3.05) is 19.0 Å². The topological polar surface area (TPSA) is 47.3 Å². The first-order valence-corrected chi connectivity index (χ1v) is 6.65. The van der Waals surface area contributed by atoms with Gasteiger partial charge >= 0.3 is 0 Å². The molecule has 0 bridgehead atoms. The maximum Gasteiger partial charge on any atom is 0.106 e. The van der Waals surface area contributed by atoms with Gasteiger partial charge in [0.25, 0.3) is 0 Å². The summed E-state index contributed by atoms with van der Waals surface area (Å²) in [6.45, 7) is 4.90. The maximum absolute atomic E-state index is 5.77. The fraction of sp³-hybridized carbons (Fsp3) is 0.500. The number of rotatable bonds is 7. The van der Waals surface area contributed by atoms with Crippen LogP contribution < -0.4 is 11.1 Å². The fourth-order valence-electron chi connectivity index (χ4n) is 2.02. The Kier molecular flexibility index (Phi) is 6.09. The zero-order chi connectivity index (χ0) is 13.5. The first kappa shape index (κ1) is 14.9. The second-order valence-electron chi connectivity index (χ2n) is 4.45. The molecular weight excluding hydrogens is 244 g/mol. The lowest BCUT2D eigenvalue weighted by Crippen LogP contribution is -2.27. The van der Waals surface area contributed by atoms with Gasteiger partial charge in [0.2, 0.25) is 0 Å². The second-order valence-corrected chi connectivity index (χ2v) is 4.89. The highest BCUT2D eigenvalue weighted by molar-refractivity contribution is 7.80. The summed E-state index contributed by atoms with van der Waals surface area (Å²) < 4.78 is 5.24. The van der Waals surface area contributed by atoms with E-state index in [0.717, 1.165) is 29.7 Å². The lowest BCUT2D eigenvalue weighted by Gasteiger charge is -2.22. The molecule has 1 aromatic rings. The van der Waals surface area contributed by atoms with E-state index in [1.807, 2.05) is 12.1 Å². The number of hydrogen-bond acceptors (Lipinski definition) is 3. The molecule has 0 aliphatic carbocycles. The number of methoxy groups -OCH3 is 1. The van der Waals surface area contributed by atoms with Crippen LogP contribution >= 0.6 is 12.2 Å². The van der Waals surface area contributed by atoms with E-state index < -0.39 is 0 Å². The largest absolute Gasteiger partial charge is 0.389 e. The van der Waals surface area contributed by atoms with E-state index in [2.05, 4.69) is 25.2 Å². The zero-order valence-electron chi connectivity index (χ0n) is 11.3. The smallest absolute Gasteiger partial charge is 0.106 e. The van der Waals surface area contributed by atoms with Gasteiger partial charge in [-0.05, 0) is 25.0 Å². The number of para-hydroxylation sites is 1. The van der Waals surface area contributed by atoms with Crippen LogP contribution in [-0.4, -0.2) is 24.7 Å². The molecule has 0 aliphatic rings. The average Bonchev–Trinajstić information content (AvgIpc) is 2.32. The number of thiocarbonyl (C=S) groups is 1. The van der Waals surface area contributed by atoms with E-state index in [4.69, 9.17) is 22.7 Å². The first-order valence-electron chi connectivity index (χ1n) is 6.25. The van der Waals surface area contributed by atoms with E-state index in [0.29, 0.717) is 11.6 Å². The van der Waals surface area contributed by atoms with Gasteiger partial charge in [0, 0.05) is 24.4 Å². The molecule has 0 aliphatic heterocycles. The molecule has 0 aromatic heterocycles. The Morgan fingerprint density at radius 3 is 2.78 bits per heavy atom. The summed E-state index contributed by atoms with van der Waals surface area (Å²) in [6.07, 6.45) is 2.16. The van der Waals surface area contributed by atoms with E-state index in [1.54, 1.807) is 7.11 Å². The Hall–Kier alpha value is -1.13. The molecule has 0 saturated carbocycles. The maximum atomic E-state index is 5.77. The fourth-order valence-corrected chi connectivity index (χ4v) is 2.19. The van der Waals surface area contributed by atoms with E-state index in [1.165, 1.54) is 0 Å². The van der Waals surface area contributed by atoms with E-state index in [-0.39, 0.29) is 6.04 Å². The SMILES string of the molecule is CCCC(COC)Nc1c(C)cccc1C(N)=S. The molecule has 1 rings (SSSR count). The number of anilines is 1. The van der Waals surface area contributed by atoms with Crippen molar-refractivity contribution in [1.82, 2.24) is 0 Å². The van der Waals surface area contributed by atoms with Crippen molar-refractivity contribution in [2.45, 2.75) is 32.7 Å². The van der Waals surface area contributed by atoms with Crippen LogP contribution in [-0.2, 0) is 4.74 Å². The predicted molar refractivity (Wildman–Crippen MR) is 81.3 cm³/mol. The second kappa shape index (κ2) is 7.34. The lowest BCUT2D eigenvalue weighted by atomic mass is 10.1. The Morgan fingerprint density at radius 2 is 2.22 bits per heavy atom. The number of nitrogens with two attached hydrogens (primary N) is 1. The van der Waals surface area contributed by atoms with Gasteiger partial charge in [-0.25, -0.2) is 0 Å². The van der Waals surface area contributed by atoms with Gasteiger partial charge in [-0.2, -0.15) is 0 Å². The highest BCUT2D eigenvalue weighted by Crippen LogP contribution is 2.22. The van der Waals surface area contributed by atoms with Crippen molar-refractivity contribution in [1.29, 1.82) is 0 Å². The molecular formula is C14H22N2OS. The molecule has 100 valence electrons. The van der Waals surface area contributed by atoms with Crippen LogP contribution in [0.1, 0.15) is 30.9 Å². The highest BCUT2D eigenvalue weighted by atomic mass is 32.1. The molecule has 1 aromatic carbocycles. The minimum Gasteiger partial charge on any atom is -0.389 e. The summed E-state index contributed by atoms with van der Waals surface area (Å²) in [6, 6.07) is 6.27. The molecule has 0 amide bonds. The van der Waals surface area contributed by atoms with Crippen molar-refractivity contribution >= 4 is 22.9 Å². The molecule has 0 spiro atoms. The summed E-state index contributed by atoms with van der Waals surface area (Å²) in [5, 5.41) is 3.51. The normalized spacial score (nSPS) is 12.2. The van der Waals surface area contributed by atoms with Crippen LogP contribution in [0.3, 0.4) is 0 Å². The van der Waals surface area contributed by atoms with Gasteiger partial charge in [0.1, 0.15) is 4.99 Å². The third-order valence-electron chi connectivity index (χ3n) is 2.89. The molecule has 0 fully saturated rings. The highest BCUT2D eigenvalue weighted by Gasteiger charge is 2.13. The molecule has 1 atom stereocenters. The van der Waals surface area contributed by atoms with Crippen molar-refractivity contribution in [3.8, 4) is 0 Å². The lowest BCUT2D eigenvalue weighted by molar-refractivity contribution is 0.182. The van der Waals surface area contributed by atoms with Gasteiger partial charge < -0.3 is 15.8 Å². The van der Waals surface area contributed by atoms with Crippen LogP contribution in [0, 0.1) is 6.92 Å². The number of nitrogens with one attached hydrogen (secondary N) is 1. The quantitative estimate of drug-likeness (QED) is 0.745. The Morgan fingerprint density at radius 1 is 1.50 bits per heavy atom. The van der Waals surface area contributed by atoms with Crippen LogP contribution in [0.4, 0.5) is 5.69 Å².